The van der Waals surface area contributed by atoms with E-state index in [1.165, 1.54) is 0 Å². The Bertz CT molecular complexity index is 471. The van der Waals surface area contributed by atoms with Crippen LogP contribution in [0.15, 0.2) is 18.2 Å². The molecule has 0 fully saturated rings. The van der Waals surface area contributed by atoms with Crippen LogP contribution in [0.2, 0.25) is 0 Å². The van der Waals surface area contributed by atoms with Crippen LogP contribution in [0.4, 0.5) is 10.1 Å². The zero-order valence-corrected chi connectivity index (χ0v) is 7.84. The van der Waals surface area contributed by atoms with Crippen molar-refractivity contribution in [3.63, 3.8) is 0 Å². The molecule has 0 heterocycles. The van der Waals surface area contributed by atoms with Crippen molar-refractivity contribution in [2.75, 3.05) is 0 Å². The number of carboxylic acids is 1. The van der Waals surface area contributed by atoms with E-state index in [0.717, 1.165) is 12.1 Å². The highest BCUT2D eigenvalue weighted by molar-refractivity contribution is 6.07. The van der Waals surface area contributed by atoms with Gasteiger partial charge in [-0.3, -0.25) is 19.7 Å². The Hall–Kier alpha value is -2.31. The second-order valence-electron chi connectivity index (χ2n) is 2.91. The molecule has 0 radical (unpaired) electrons. The number of carbonyl (C=O) groups is 2. The van der Waals surface area contributed by atoms with Crippen LogP contribution in [0.1, 0.15) is 16.8 Å². The summed E-state index contributed by atoms with van der Waals surface area (Å²) < 4.78 is 12.7. The molecule has 0 amide bonds. The summed E-state index contributed by atoms with van der Waals surface area (Å²) in [5.74, 6) is -3.19. The lowest BCUT2D eigenvalue weighted by molar-refractivity contribution is -0.385. The number of hydrogen-bond acceptors (Lipinski definition) is 4. The highest BCUT2D eigenvalue weighted by Crippen LogP contribution is 2.21. The topological polar surface area (TPSA) is 97.5 Å². The lowest BCUT2D eigenvalue weighted by atomic mass is 10.1. The number of ketones is 1. The number of carbonyl (C=O) groups excluding carboxylic acids is 1. The van der Waals surface area contributed by atoms with Gasteiger partial charge in [-0.15, -0.1) is 0 Å². The number of nitro benzene ring substituents is 1. The number of aliphatic carboxylic acids is 1. The predicted octanol–water partition coefficient (Wildman–Crippen LogP) is 1.39. The summed E-state index contributed by atoms with van der Waals surface area (Å²) in [7, 11) is 0. The van der Waals surface area contributed by atoms with E-state index < -0.39 is 40.2 Å². The van der Waals surface area contributed by atoms with Gasteiger partial charge >= 0.3 is 5.97 Å². The van der Waals surface area contributed by atoms with Crippen LogP contribution in [-0.2, 0) is 4.79 Å². The molecule has 1 aromatic rings. The SMILES string of the molecule is O=C(O)CC(=O)c1ccc(F)cc1[N+](=O)[O-]. The zero-order valence-electron chi connectivity index (χ0n) is 7.84. The molecule has 1 N–H and O–H groups in total. The molecule has 7 heteroatoms. The Balaban J connectivity index is 3.17. The smallest absolute Gasteiger partial charge is 0.311 e. The molecule has 1 rings (SSSR count). The van der Waals surface area contributed by atoms with Gasteiger partial charge in [-0.2, -0.15) is 0 Å². The molecule has 84 valence electrons. The maximum absolute atomic E-state index is 12.7. The third kappa shape index (κ3) is 2.59. The molecule has 0 bridgehead atoms. The number of nitro groups is 1. The van der Waals surface area contributed by atoms with Crippen LogP contribution in [-0.4, -0.2) is 21.8 Å². The third-order valence-electron chi connectivity index (χ3n) is 1.77. The van der Waals surface area contributed by atoms with Gasteiger partial charge in [0.2, 0.25) is 0 Å². The molecule has 0 aromatic heterocycles. The maximum Gasteiger partial charge on any atom is 0.311 e. The Morgan fingerprint density at radius 3 is 2.56 bits per heavy atom. The van der Waals surface area contributed by atoms with Crippen molar-refractivity contribution in [3.8, 4) is 0 Å². The number of carboxylic acid groups (broad SMARTS) is 1. The molecule has 0 aliphatic rings. The summed E-state index contributed by atoms with van der Waals surface area (Å²) in [5.41, 5.74) is -1.14. The monoisotopic (exact) mass is 227 g/mol. The number of halogens is 1. The van der Waals surface area contributed by atoms with E-state index in [1.54, 1.807) is 0 Å². The molecule has 0 spiro atoms. The van der Waals surface area contributed by atoms with Gasteiger partial charge in [-0.25, -0.2) is 4.39 Å². The van der Waals surface area contributed by atoms with Crippen LogP contribution < -0.4 is 0 Å². The van der Waals surface area contributed by atoms with Crippen molar-refractivity contribution in [1.82, 2.24) is 0 Å². The Kier molecular flexibility index (Phi) is 3.29. The Labute approximate surface area is 88.5 Å². The van der Waals surface area contributed by atoms with Gasteiger partial charge in [0.15, 0.2) is 5.78 Å². The second kappa shape index (κ2) is 4.47. The van der Waals surface area contributed by atoms with E-state index in [0.29, 0.717) is 6.07 Å². The minimum Gasteiger partial charge on any atom is -0.481 e. The van der Waals surface area contributed by atoms with E-state index in [4.69, 9.17) is 5.11 Å². The quantitative estimate of drug-likeness (QED) is 0.362. The largest absolute Gasteiger partial charge is 0.481 e. The van der Waals surface area contributed by atoms with Crippen molar-refractivity contribution >= 4 is 17.4 Å². The van der Waals surface area contributed by atoms with Crippen LogP contribution in [0.25, 0.3) is 0 Å². The van der Waals surface area contributed by atoms with Crippen LogP contribution in [0.5, 0.6) is 0 Å². The predicted molar refractivity (Wildman–Crippen MR) is 49.6 cm³/mol. The lowest BCUT2D eigenvalue weighted by Crippen LogP contribution is -2.09. The molecule has 0 aliphatic carbocycles. The van der Waals surface area contributed by atoms with Gasteiger partial charge in [0.25, 0.3) is 5.69 Å². The molecule has 0 unspecified atom stereocenters. The highest BCUT2D eigenvalue weighted by atomic mass is 19.1. The standard InChI is InChI=1S/C9H6FNO5/c10-5-1-2-6(7(3-5)11(15)16)8(12)4-9(13)14/h1-3H,4H2,(H,13,14). The van der Waals surface area contributed by atoms with Crippen molar-refractivity contribution in [2.45, 2.75) is 6.42 Å². The average Bonchev–Trinajstić information content (AvgIpc) is 2.16. The number of Topliss-reactive ketones (excluding diaryl/α,β-unsaturated/α-hetero) is 1. The summed E-state index contributed by atoms with van der Waals surface area (Å²) >= 11 is 0. The first-order chi connectivity index (χ1) is 7.41. The molecular weight excluding hydrogens is 221 g/mol. The minimum absolute atomic E-state index is 0.409. The third-order valence-corrected chi connectivity index (χ3v) is 1.77. The first-order valence-corrected chi connectivity index (χ1v) is 4.10. The number of nitrogens with zero attached hydrogens (tertiary/aromatic N) is 1. The van der Waals surface area contributed by atoms with E-state index in [9.17, 15) is 24.1 Å². The number of rotatable bonds is 4. The zero-order chi connectivity index (χ0) is 12.3. The van der Waals surface area contributed by atoms with Crippen molar-refractivity contribution in [2.24, 2.45) is 0 Å². The Morgan fingerprint density at radius 2 is 2.06 bits per heavy atom. The molecule has 0 atom stereocenters. The molecule has 6 nitrogen and oxygen atoms in total. The summed E-state index contributed by atoms with van der Waals surface area (Å²) in [6, 6.07) is 2.34. The fourth-order valence-corrected chi connectivity index (χ4v) is 1.12. The van der Waals surface area contributed by atoms with Crippen molar-refractivity contribution in [3.05, 3.63) is 39.7 Å². The van der Waals surface area contributed by atoms with Gasteiger partial charge in [-0.1, -0.05) is 0 Å². The normalized spacial score (nSPS) is 9.81. The minimum atomic E-state index is -1.40. The maximum atomic E-state index is 12.7. The lowest BCUT2D eigenvalue weighted by Gasteiger charge is -2.00. The summed E-state index contributed by atoms with van der Waals surface area (Å²) in [6.45, 7) is 0. The molecule has 0 aliphatic heterocycles. The highest BCUT2D eigenvalue weighted by Gasteiger charge is 2.22. The second-order valence-corrected chi connectivity index (χ2v) is 2.91. The number of benzene rings is 1. The summed E-state index contributed by atoms with van der Waals surface area (Å²) in [4.78, 5) is 31.1. The van der Waals surface area contributed by atoms with E-state index in [1.807, 2.05) is 0 Å². The van der Waals surface area contributed by atoms with Gasteiger partial charge < -0.3 is 5.11 Å². The summed E-state index contributed by atoms with van der Waals surface area (Å²) in [5, 5.41) is 18.9. The van der Waals surface area contributed by atoms with Gasteiger partial charge in [0.1, 0.15) is 12.2 Å². The van der Waals surface area contributed by atoms with Crippen molar-refractivity contribution < 1.29 is 24.0 Å². The molecule has 1 aromatic carbocycles. The molecular formula is C9H6FNO5. The van der Waals surface area contributed by atoms with Gasteiger partial charge in [-0.05, 0) is 12.1 Å². The molecule has 0 saturated heterocycles. The van der Waals surface area contributed by atoms with Crippen LogP contribution in [0.3, 0.4) is 0 Å². The fraction of sp³-hybridized carbons (Fsp3) is 0.111. The van der Waals surface area contributed by atoms with E-state index in [2.05, 4.69) is 0 Å². The summed E-state index contributed by atoms with van der Waals surface area (Å²) in [6.07, 6.45) is -0.869. The van der Waals surface area contributed by atoms with Crippen LogP contribution >= 0.6 is 0 Å². The fourth-order valence-electron chi connectivity index (χ4n) is 1.12. The van der Waals surface area contributed by atoms with Gasteiger partial charge in [0, 0.05) is 0 Å². The number of hydrogen-bond donors (Lipinski definition) is 1. The van der Waals surface area contributed by atoms with Crippen molar-refractivity contribution in [1.29, 1.82) is 0 Å². The van der Waals surface area contributed by atoms with Crippen LogP contribution in [0, 0.1) is 15.9 Å². The molecule has 16 heavy (non-hydrogen) atoms. The average molecular weight is 227 g/mol. The van der Waals surface area contributed by atoms with E-state index in [-0.39, 0.29) is 0 Å². The van der Waals surface area contributed by atoms with Gasteiger partial charge in [0.05, 0.1) is 16.6 Å². The van der Waals surface area contributed by atoms with E-state index >= 15 is 0 Å². The Morgan fingerprint density at radius 1 is 1.44 bits per heavy atom. The molecule has 0 saturated carbocycles. The first kappa shape index (κ1) is 11.8. The first-order valence-electron chi connectivity index (χ1n) is 4.10.